The number of amides is 1. The highest BCUT2D eigenvalue weighted by Crippen LogP contribution is 2.20. The lowest BCUT2D eigenvalue weighted by Crippen LogP contribution is -2.26. The third kappa shape index (κ3) is 4.39. The van der Waals surface area contributed by atoms with E-state index in [4.69, 9.17) is 9.15 Å². The predicted molar refractivity (Wildman–Crippen MR) is 97.9 cm³/mol. The maximum Gasteiger partial charge on any atom is 0.287 e. The average molecular weight is 389 g/mol. The first kappa shape index (κ1) is 19.6. The van der Waals surface area contributed by atoms with Gasteiger partial charge in [0, 0.05) is 24.4 Å². The van der Waals surface area contributed by atoms with E-state index in [1.54, 1.807) is 6.07 Å². The van der Waals surface area contributed by atoms with Crippen molar-refractivity contribution in [2.24, 2.45) is 0 Å². The number of aromatic nitrogens is 2. The van der Waals surface area contributed by atoms with E-state index in [0.29, 0.717) is 5.76 Å². The third-order valence-electron chi connectivity index (χ3n) is 4.27. The van der Waals surface area contributed by atoms with Crippen LogP contribution in [-0.2, 0) is 13.2 Å². The summed E-state index contributed by atoms with van der Waals surface area (Å²) in [5.41, 5.74) is 1.78. The van der Waals surface area contributed by atoms with Crippen molar-refractivity contribution < 1.29 is 22.7 Å². The van der Waals surface area contributed by atoms with Gasteiger partial charge in [0.05, 0.1) is 11.7 Å². The summed E-state index contributed by atoms with van der Waals surface area (Å²) in [6.07, 6.45) is 1.90. The van der Waals surface area contributed by atoms with Crippen LogP contribution in [0.1, 0.15) is 47.5 Å². The topological polar surface area (TPSA) is 69.3 Å². The van der Waals surface area contributed by atoms with Gasteiger partial charge in [0.1, 0.15) is 18.2 Å². The molecule has 0 bridgehead atoms. The molecule has 0 radical (unpaired) electrons. The van der Waals surface area contributed by atoms with E-state index < -0.39 is 11.6 Å². The molecule has 1 atom stereocenters. The van der Waals surface area contributed by atoms with Crippen molar-refractivity contribution >= 4 is 5.91 Å². The molecule has 2 aromatic heterocycles. The molecule has 1 N–H and O–H groups in total. The monoisotopic (exact) mass is 389 g/mol. The minimum Gasteiger partial charge on any atom is -0.483 e. The molecule has 3 rings (SSSR count). The minimum atomic E-state index is -0.804. The summed E-state index contributed by atoms with van der Waals surface area (Å²) in [5.74, 6) is -1.50. The molecule has 0 spiro atoms. The van der Waals surface area contributed by atoms with E-state index in [0.717, 1.165) is 29.9 Å². The first-order valence-corrected chi connectivity index (χ1v) is 8.88. The number of hydrogen-bond acceptors (Lipinski definition) is 4. The zero-order valence-corrected chi connectivity index (χ0v) is 15.8. The van der Waals surface area contributed by atoms with Gasteiger partial charge in [-0.25, -0.2) is 8.78 Å². The first-order valence-electron chi connectivity index (χ1n) is 8.88. The van der Waals surface area contributed by atoms with Crippen molar-refractivity contribution in [2.45, 2.75) is 40.0 Å². The first-order chi connectivity index (χ1) is 13.4. The number of aryl methyl sites for hydroxylation is 2. The molecule has 1 aromatic carbocycles. The summed E-state index contributed by atoms with van der Waals surface area (Å²) in [4.78, 5) is 12.4. The molecule has 2 heterocycles. The summed E-state index contributed by atoms with van der Waals surface area (Å²) >= 11 is 0. The molecule has 6 nitrogen and oxygen atoms in total. The number of nitrogens with zero attached hydrogens (tertiary/aromatic N) is 2. The number of ether oxygens (including phenoxy) is 1. The lowest BCUT2D eigenvalue weighted by Gasteiger charge is -2.12. The Morgan fingerprint density at radius 2 is 2.11 bits per heavy atom. The van der Waals surface area contributed by atoms with E-state index in [2.05, 4.69) is 10.4 Å². The van der Waals surface area contributed by atoms with Gasteiger partial charge in [-0.2, -0.15) is 5.10 Å². The highest BCUT2D eigenvalue weighted by atomic mass is 19.1. The molecule has 148 valence electrons. The molecule has 0 saturated carbocycles. The van der Waals surface area contributed by atoms with E-state index in [1.807, 2.05) is 31.6 Å². The fourth-order valence-electron chi connectivity index (χ4n) is 2.78. The fraction of sp³-hybridized carbons (Fsp3) is 0.300. The molecule has 1 unspecified atom stereocenters. The Morgan fingerprint density at radius 1 is 1.32 bits per heavy atom. The van der Waals surface area contributed by atoms with Gasteiger partial charge >= 0.3 is 0 Å². The largest absolute Gasteiger partial charge is 0.483 e. The standard InChI is InChI=1S/C20H21F2N3O3/c1-4-25-10-16(13(3)24-25)12(2)23-20(26)19-8-6-15(28-19)11-27-18-7-5-14(21)9-17(18)22/h5-10,12H,4,11H2,1-3H3,(H,23,26). The number of rotatable bonds is 7. The maximum absolute atomic E-state index is 13.6. The number of furan rings is 1. The molecule has 0 aliphatic carbocycles. The van der Waals surface area contributed by atoms with E-state index in [1.165, 1.54) is 12.1 Å². The molecule has 0 fully saturated rings. The van der Waals surface area contributed by atoms with Crippen LogP contribution in [-0.4, -0.2) is 15.7 Å². The van der Waals surface area contributed by atoms with Crippen LogP contribution in [0.25, 0.3) is 0 Å². The van der Waals surface area contributed by atoms with Crippen molar-refractivity contribution in [1.82, 2.24) is 15.1 Å². The Morgan fingerprint density at radius 3 is 2.79 bits per heavy atom. The second-order valence-corrected chi connectivity index (χ2v) is 6.35. The van der Waals surface area contributed by atoms with Gasteiger partial charge in [0.2, 0.25) is 0 Å². The summed E-state index contributed by atoms with van der Waals surface area (Å²) in [7, 11) is 0. The molecule has 8 heteroatoms. The normalized spacial score (nSPS) is 12.0. The van der Waals surface area contributed by atoms with Crippen molar-refractivity contribution in [3.05, 3.63) is 70.9 Å². The molecular formula is C20H21F2N3O3. The summed E-state index contributed by atoms with van der Waals surface area (Å²) in [6.45, 7) is 6.41. The number of halogens is 2. The Balaban J connectivity index is 1.61. The smallest absolute Gasteiger partial charge is 0.287 e. The van der Waals surface area contributed by atoms with Crippen molar-refractivity contribution in [3.8, 4) is 5.75 Å². The Labute approximate surface area is 161 Å². The van der Waals surface area contributed by atoms with Gasteiger partial charge in [-0.15, -0.1) is 0 Å². The Bertz CT molecular complexity index is 981. The van der Waals surface area contributed by atoms with Gasteiger partial charge in [0.15, 0.2) is 17.3 Å². The average Bonchev–Trinajstić information content (AvgIpc) is 3.27. The SMILES string of the molecule is CCn1cc(C(C)NC(=O)c2ccc(COc3ccc(F)cc3F)o2)c(C)n1. The number of hydrogen-bond donors (Lipinski definition) is 1. The number of carbonyl (C=O) groups excluding carboxylic acids is 1. The highest BCUT2D eigenvalue weighted by Gasteiger charge is 2.18. The van der Waals surface area contributed by atoms with E-state index in [-0.39, 0.29) is 30.1 Å². The predicted octanol–water partition coefficient (Wildman–Crippen LogP) is 4.15. The fourth-order valence-corrected chi connectivity index (χ4v) is 2.78. The van der Waals surface area contributed by atoms with Crippen molar-refractivity contribution in [1.29, 1.82) is 0 Å². The highest BCUT2D eigenvalue weighted by molar-refractivity contribution is 5.91. The summed E-state index contributed by atoms with van der Waals surface area (Å²) < 4.78 is 39.1. The van der Waals surface area contributed by atoms with Gasteiger partial charge in [-0.3, -0.25) is 9.48 Å². The third-order valence-corrected chi connectivity index (χ3v) is 4.27. The molecule has 3 aromatic rings. The number of carbonyl (C=O) groups is 1. The Kier molecular flexibility index (Phi) is 5.77. The van der Waals surface area contributed by atoms with Crippen LogP contribution in [0.5, 0.6) is 5.75 Å². The van der Waals surface area contributed by atoms with Gasteiger partial charge < -0.3 is 14.5 Å². The van der Waals surface area contributed by atoms with Crippen LogP contribution in [0.3, 0.4) is 0 Å². The number of nitrogens with one attached hydrogen (secondary N) is 1. The van der Waals surface area contributed by atoms with Gasteiger partial charge in [0.25, 0.3) is 5.91 Å². The maximum atomic E-state index is 13.6. The summed E-state index contributed by atoms with van der Waals surface area (Å²) in [5, 5.41) is 7.24. The van der Waals surface area contributed by atoms with Crippen molar-refractivity contribution in [2.75, 3.05) is 0 Å². The lowest BCUT2D eigenvalue weighted by atomic mass is 10.1. The van der Waals surface area contributed by atoms with Crippen LogP contribution < -0.4 is 10.1 Å². The molecular weight excluding hydrogens is 368 g/mol. The summed E-state index contributed by atoms with van der Waals surface area (Å²) in [6, 6.07) is 5.88. The van der Waals surface area contributed by atoms with Crippen LogP contribution in [0.2, 0.25) is 0 Å². The molecule has 1 amide bonds. The molecule has 0 aliphatic heterocycles. The van der Waals surface area contributed by atoms with Crippen LogP contribution >= 0.6 is 0 Å². The van der Waals surface area contributed by atoms with Crippen LogP contribution in [0.4, 0.5) is 8.78 Å². The zero-order valence-electron chi connectivity index (χ0n) is 15.8. The van der Waals surface area contributed by atoms with Crippen LogP contribution in [0, 0.1) is 18.6 Å². The van der Waals surface area contributed by atoms with Gasteiger partial charge in [-0.1, -0.05) is 0 Å². The number of benzene rings is 1. The minimum absolute atomic E-state index is 0.0895. The van der Waals surface area contributed by atoms with Crippen molar-refractivity contribution in [3.63, 3.8) is 0 Å². The van der Waals surface area contributed by atoms with Gasteiger partial charge in [-0.05, 0) is 45.0 Å². The van der Waals surface area contributed by atoms with Crippen LogP contribution in [0.15, 0.2) is 40.9 Å². The molecule has 28 heavy (non-hydrogen) atoms. The second kappa shape index (κ2) is 8.24. The van der Waals surface area contributed by atoms with E-state index in [9.17, 15) is 13.6 Å². The lowest BCUT2D eigenvalue weighted by molar-refractivity contribution is 0.0907. The quantitative estimate of drug-likeness (QED) is 0.659. The Hall–Kier alpha value is -3.16. The molecule has 0 aliphatic rings. The second-order valence-electron chi connectivity index (χ2n) is 6.35. The zero-order chi connectivity index (χ0) is 20.3. The van der Waals surface area contributed by atoms with E-state index >= 15 is 0 Å². The molecule has 0 saturated heterocycles.